The van der Waals surface area contributed by atoms with E-state index in [1.54, 1.807) is 0 Å². The smallest absolute Gasteiger partial charge is 0.414 e. The number of hydrogen-bond acceptors (Lipinski definition) is 7. The number of anilines is 2. The molecule has 2 fully saturated rings. The minimum absolute atomic E-state index is 0.0281. The number of guanidine groups is 1. The summed E-state index contributed by atoms with van der Waals surface area (Å²) in [6.45, 7) is 0.233. The van der Waals surface area contributed by atoms with Gasteiger partial charge >= 0.3 is 12.1 Å². The quantitative estimate of drug-likeness (QED) is 0.360. The first-order chi connectivity index (χ1) is 15.7. The lowest BCUT2D eigenvalue weighted by atomic mass is 10.2. The summed E-state index contributed by atoms with van der Waals surface area (Å²) in [5, 5.41) is 1.30. The molecule has 1 aromatic rings. The van der Waals surface area contributed by atoms with Crippen LogP contribution in [0.25, 0.3) is 0 Å². The van der Waals surface area contributed by atoms with Crippen LogP contribution in [0.5, 0.6) is 0 Å². The highest BCUT2D eigenvalue weighted by atomic mass is 32.1. The second-order valence-electron chi connectivity index (χ2n) is 7.23. The first kappa shape index (κ1) is 24.4. The second-order valence-corrected chi connectivity index (χ2v) is 7.69. The number of nitrogens with zero attached hydrogens (tertiary/aromatic N) is 4. The summed E-state index contributed by atoms with van der Waals surface area (Å²) in [6.07, 6.45) is -0.334. The Bertz CT molecular complexity index is 938. The molecule has 0 saturated carbocycles. The summed E-state index contributed by atoms with van der Waals surface area (Å²) in [5.74, 6) is -2.17. The Balaban J connectivity index is 1.70. The van der Waals surface area contributed by atoms with Crippen molar-refractivity contribution in [3.8, 4) is 0 Å². The van der Waals surface area contributed by atoms with Crippen LogP contribution < -0.4 is 21.3 Å². The van der Waals surface area contributed by atoms with E-state index in [9.17, 15) is 18.4 Å². The topological polar surface area (TPSA) is 136 Å². The number of methoxy groups -OCH3 is 1. The van der Waals surface area contributed by atoms with Crippen LogP contribution in [-0.4, -0.2) is 74.2 Å². The van der Waals surface area contributed by atoms with Gasteiger partial charge in [0.05, 0.1) is 32.5 Å². The number of halogens is 2. The number of thiocarbonyl (C=S) groups is 1. The third-order valence-corrected chi connectivity index (χ3v) is 5.39. The van der Waals surface area contributed by atoms with Gasteiger partial charge in [0, 0.05) is 31.6 Å². The van der Waals surface area contributed by atoms with Crippen LogP contribution in [-0.2, 0) is 14.3 Å². The monoisotopic (exact) mass is 486 g/mol. The van der Waals surface area contributed by atoms with E-state index in [2.05, 4.69) is 4.99 Å². The molecular formula is C19H24F2N6O5S. The van der Waals surface area contributed by atoms with Crippen molar-refractivity contribution in [2.75, 3.05) is 49.7 Å². The molecule has 2 aliphatic heterocycles. The predicted octanol–water partition coefficient (Wildman–Crippen LogP) is 1.49. The van der Waals surface area contributed by atoms with Crippen molar-refractivity contribution >= 4 is 46.7 Å². The van der Waals surface area contributed by atoms with Crippen molar-refractivity contribution in [2.45, 2.75) is 18.9 Å². The molecule has 2 saturated heterocycles. The number of carbonyl (C=O) groups excluding carboxylic acids is 2. The Hall–Kier alpha value is -3.26. The number of cyclic esters (lactones) is 1. The van der Waals surface area contributed by atoms with E-state index in [0.717, 1.165) is 22.1 Å². The lowest BCUT2D eigenvalue weighted by Crippen LogP contribution is -2.35. The van der Waals surface area contributed by atoms with Crippen molar-refractivity contribution in [3.63, 3.8) is 0 Å². The van der Waals surface area contributed by atoms with Gasteiger partial charge in [0.15, 0.2) is 22.6 Å². The number of hydrogen-bond donors (Lipinski definition) is 2. The maximum Gasteiger partial charge on any atom is 0.414 e. The number of carbonyl (C=O) groups is 2. The Morgan fingerprint density at radius 3 is 2.61 bits per heavy atom. The number of aliphatic imine (C=N–C) groups is 1. The number of hydroxylamine groups is 2. The van der Waals surface area contributed by atoms with Gasteiger partial charge in [-0.15, -0.1) is 0 Å². The van der Waals surface area contributed by atoms with E-state index in [-0.39, 0.29) is 44.2 Å². The third-order valence-electron chi connectivity index (χ3n) is 5.02. The van der Waals surface area contributed by atoms with Crippen molar-refractivity contribution in [1.29, 1.82) is 0 Å². The van der Waals surface area contributed by atoms with Crippen molar-refractivity contribution in [1.82, 2.24) is 5.06 Å². The molecule has 0 spiro atoms. The van der Waals surface area contributed by atoms with Crippen LogP contribution in [0.4, 0.5) is 29.7 Å². The highest BCUT2D eigenvalue weighted by Gasteiger charge is 2.34. The Morgan fingerprint density at radius 2 is 1.97 bits per heavy atom. The van der Waals surface area contributed by atoms with Crippen LogP contribution in [0.3, 0.4) is 0 Å². The standard InChI is InChI=1S/C19H24F2N6O5S/c1-30-15(33)3-2-12-10-26(19(29)32-12)11-8-13(20)16(14(21)9-11)25-4-5-27(31-7-6-25)18(28)24-17(22)23/h8-9,12H,2-7,10H2,1H3,(H4,22,23,24,28)/t12-/m0/s1. The zero-order valence-electron chi connectivity index (χ0n) is 17.8. The molecule has 2 aliphatic rings. The normalized spacial score (nSPS) is 18.6. The Morgan fingerprint density at radius 1 is 1.27 bits per heavy atom. The summed E-state index contributed by atoms with van der Waals surface area (Å²) < 4.78 is 40.1. The molecule has 0 radical (unpaired) electrons. The summed E-state index contributed by atoms with van der Waals surface area (Å²) in [5.41, 5.74) is 10.1. The molecule has 3 rings (SSSR count). The van der Waals surface area contributed by atoms with Crippen LogP contribution in [0.1, 0.15) is 12.8 Å². The molecule has 4 N–H and O–H groups in total. The van der Waals surface area contributed by atoms with Gasteiger partial charge in [-0.1, -0.05) is 0 Å². The molecule has 3 amide bonds. The molecule has 14 heteroatoms. The fourth-order valence-electron chi connectivity index (χ4n) is 3.46. The van der Waals surface area contributed by atoms with Crippen molar-refractivity contribution < 1.29 is 32.7 Å². The van der Waals surface area contributed by atoms with E-state index in [4.69, 9.17) is 38.0 Å². The minimum Gasteiger partial charge on any atom is -0.490 e. The van der Waals surface area contributed by atoms with E-state index in [1.807, 2.05) is 0 Å². The molecular weight excluding hydrogens is 462 g/mol. The molecule has 33 heavy (non-hydrogen) atoms. The van der Waals surface area contributed by atoms with Crippen LogP contribution in [0, 0.1) is 11.6 Å². The van der Waals surface area contributed by atoms with Crippen LogP contribution >= 0.6 is 12.2 Å². The Kier molecular flexibility index (Phi) is 7.81. The molecule has 11 nitrogen and oxygen atoms in total. The third kappa shape index (κ3) is 5.96. The molecule has 1 aromatic carbocycles. The van der Waals surface area contributed by atoms with Crippen LogP contribution in [0.2, 0.25) is 0 Å². The van der Waals surface area contributed by atoms with Crippen molar-refractivity contribution in [2.24, 2.45) is 16.5 Å². The van der Waals surface area contributed by atoms with E-state index >= 15 is 0 Å². The first-order valence-corrected chi connectivity index (χ1v) is 10.4. The van der Waals surface area contributed by atoms with Gasteiger partial charge in [0.25, 0.3) is 0 Å². The minimum atomic E-state index is -0.870. The van der Waals surface area contributed by atoms with Gasteiger partial charge in [-0.05, 0) is 18.6 Å². The lowest BCUT2D eigenvalue weighted by molar-refractivity contribution is -0.101. The maximum absolute atomic E-state index is 15.0. The molecule has 2 heterocycles. The van der Waals surface area contributed by atoms with E-state index in [1.165, 1.54) is 12.0 Å². The molecule has 0 unspecified atom stereocenters. The van der Waals surface area contributed by atoms with E-state index < -0.39 is 35.8 Å². The lowest BCUT2D eigenvalue weighted by Gasteiger charge is -2.24. The predicted molar refractivity (Wildman–Crippen MR) is 119 cm³/mol. The van der Waals surface area contributed by atoms with Gasteiger partial charge < -0.3 is 25.8 Å². The maximum atomic E-state index is 15.0. The number of urea groups is 1. The Labute approximate surface area is 193 Å². The molecule has 0 aromatic heterocycles. The summed E-state index contributed by atoms with van der Waals surface area (Å²) in [4.78, 5) is 35.3. The molecule has 0 bridgehead atoms. The highest BCUT2D eigenvalue weighted by molar-refractivity contribution is 7.80. The van der Waals surface area contributed by atoms with Gasteiger partial charge in [-0.3, -0.25) is 9.74 Å². The fourth-order valence-corrected chi connectivity index (χ4v) is 3.58. The fraction of sp³-hybridized carbons (Fsp3) is 0.474. The number of ether oxygens (including phenoxy) is 2. The van der Waals surface area contributed by atoms with Gasteiger partial charge in [-0.2, -0.15) is 10.1 Å². The summed E-state index contributed by atoms with van der Waals surface area (Å²) in [7, 11) is 1.46. The summed E-state index contributed by atoms with van der Waals surface area (Å²) >= 11 is 4.97. The molecule has 0 aliphatic carbocycles. The zero-order valence-corrected chi connectivity index (χ0v) is 18.6. The van der Waals surface area contributed by atoms with Gasteiger partial charge in [0.2, 0.25) is 0 Å². The first-order valence-electron chi connectivity index (χ1n) is 10.0. The SMILES string of the molecule is COC(=S)CC[C@H]1CN(c2cc(F)c(N3CCON(C(=O)N=C(N)N)CC3)c(F)c2)C(=O)O1. The highest BCUT2D eigenvalue weighted by Crippen LogP contribution is 2.32. The average Bonchev–Trinajstić information content (AvgIpc) is 2.96. The number of nitrogens with two attached hydrogens (primary N) is 2. The van der Waals surface area contributed by atoms with Gasteiger partial charge in [0.1, 0.15) is 11.8 Å². The van der Waals surface area contributed by atoms with Gasteiger partial charge in [-0.25, -0.2) is 18.4 Å². The zero-order chi connectivity index (χ0) is 24.1. The second kappa shape index (κ2) is 10.6. The number of rotatable bonds is 5. The number of benzene rings is 1. The van der Waals surface area contributed by atoms with Crippen LogP contribution in [0.15, 0.2) is 17.1 Å². The molecule has 180 valence electrons. The molecule has 1 atom stereocenters. The average molecular weight is 487 g/mol. The largest absolute Gasteiger partial charge is 0.490 e. The van der Waals surface area contributed by atoms with E-state index in [0.29, 0.717) is 17.9 Å². The number of amides is 3. The summed E-state index contributed by atoms with van der Waals surface area (Å²) in [6, 6.07) is 1.31. The van der Waals surface area contributed by atoms with Crippen molar-refractivity contribution in [3.05, 3.63) is 23.8 Å².